The quantitative estimate of drug-likeness (QED) is 0.416. The molecule has 0 atom stereocenters. The van der Waals surface area contributed by atoms with E-state index in [1.807, 2.05) is 30.3 Å². The highest BCUT2D eigenvalue weighted by Crippen LogP contribution is 2.37. The lowest BCUT2D eigenvalue weighted by molar-refractivity contribution is -0.141. The van der Waals surface area contributed by atoms with Gasteiger partial charge in [-0.2, -0.15) is 0 Å². The molecule has 0 bridgehead atoms. The summed E-state index contributed by atoms with van der Waals surface area (Å²) in [6.45, 7) is 7.71. The maximum Gasteiger partial charge on any atom is 0.302 e. The van der Waals surface area contributed by atoms with Gasteiger partial charge in [-0.05, 0) is 41.3 Å². The fourth-order valence-electron chi connectivity index (χ4n) is 3.84. The average Bonchev–Trinajstić information content (AvgIpc) is 2.74. The van der Waals surface area contributed by atoms with E-state index in [2.05, 4.69) is 20.8 Å². The zero-order valence-electron chi connectivity index (χ0n) is 18.6. The van der Waals surface area contributed by atoms with E-state index < -0.39 is 17.8 Å². The summed E-state index contributed by atoms with van der Waals surface area (Å²) in [5.41, 5.74) is 2.09. The highest BCUT2D eigenvalue weighted by molar-refractivity contribution is 6.26. The molecule has 164 valence electrons. The largest absolute Gasteiger partial charge is 0.464 e. The first-order valence-corrected chi connectivity index (χ1v) is 10.5. The van der Waals surface area contributed by atoms with Gasteiger partial charge in [0.15, 0.2) is 0 Å². The van der Waals surface area contributed by atoms with Crippen molar-refractivity contribution < 1.29 is 23.9 Å². The van der Waals surface area contributed by atoms with Crippen molar-refractivity contribution in [1.29, 1.82) is 0 Å². The van der Waals surface area contributed by atoms with Crippen molar-refractivity contribution in [2.45, 2.75) is 33.1 Å². The minimum absolute atomic E-state index is 0.00541. The molecule has 3 aromatic rings. The highest BCUT2D eigenvalue weighted by Gasteiger charge is 2.33. The van der Waals surface area contributed by atoms with Gasteiger partial charge >= 0.3 is 5.97 Å². The third kappa shape index (κ3) is 3.96. The Morgan fingerprint density at radius 2 is 1.56 bits per heavy atom. The number of carbonyl (C=O) groups is 3. The van der Waals surface area contributed by atoms with Crippen LogP contribution >= 0.6 is 0 Å². The van der Waals surface area contributed by atoms with Gasteiger partial charge < -0.3 is 9.47 Å². The van der Waals surface area contributed by atoms with E-state index in [0.717, 1.165) is 4.90 Å². The Balaban J connectivity index is 1.68. The van der Waals surface area contributed by atoms with Crippen LogP contribution in [0, 0.1) is 0 Å². The van der Waals surface area contributed by atoms with Gasteiger partial charge in [0, 0.05) is 28.8 Å². The predicted octanol–water partition coefficient (Wildman–Crippen LogP) is 5.09. The Morgan fingerprint density at radius 3 is 2.19 bits per heavy atom. The fourth-order valence-corrected chi connectivity index (χ4v) is 3.84. The number of benzene rings is 3. The lowest BCUT2D eigenvalue weighted by Gasteiger charge is -2.27. The molecule has 6 heteroatoms. The molecule has 0 aromatic heterocycles. The molecular weight excluding hydrogens is 406 g/mol. The van der Waals surface area contributed by atoms with Gasteiger partial charge in [0.1, 0.15) is 18.1 Å². The van der Waals surface area contributed by atoms with Crippen LogP contribution in [0.3, 0.4) is 0 Å². The van der Waals surface area contributed by atoms with E-state index >= 15 is 0 Å². The van der Waals surface area contributed by atoms with Gasteiger partial charge in [-0.15, -0.1) is 0 Å². The Morgan fingerprint density at radius 1 is 0.906 bits per heavy atom. The van der Waals surface area contributed by atoms with E-state index in [0.29, 0.717) is 33.4 Å². The Hall–Kier alpha value is -3.67. The summed E-state index contributed by atoms with van der Waals surface area (Å²) >= 11 is 0. The smallest absolute Gasteiger partial charge is 0.302 e. The number of imide groups is 1. The molecule has 0 spiro atoms. The van der Waals surface area contributed by atoms with Gasteiger partial charge in [0.05, 0.1) is 6.54 Å². The van der Waals surface area contributed by atoms with Crippen molar-refractivity contribution in [3.63, 3.8) is 0 Å². The molecule has 3 aromatic carbocycles. The van der Waals surface area contributed by atoms with Gasteiger partial charge in [0.2, 0.25) is 0 Å². The predicted molar refractivity (Wildman–Crippen MR) is 121 cm³/mol. The molecule has 0 saturated carbocycles. The number of hydrogen-bond acceptors (Lipinski definition) is 5. The second-order valence-electron chi connectivity index (χ2n) is 8.82. The molecule has 2 amide bonds. The van der Waals surface area contributed by atoms with Crippen molar-refractivity contribution in [2.75, 3.05) is 13.2 Å². The van der Waals surface area contributed by atoms with Crippen molar-refractivity contribution in [3.8, 4) is 11.5 Å². The first-order valence-electron chi connectivity index (χ1n) is 10.5. The summed E-state index contributed by atoms with van der Waals surface area (Å²) in [6.07, 6.45) is 0. The monoisotopic (exact) mass is 431 g/mol. The molecule has 1 aliphatic heterocycles. The number of ether oxygens (including phenoxy) is 2. The molecule has 0 radical (unpaired) electrons. The van der Waals surface area contributed by atoms with E-state index in [9.17, 15) is 14.4 Å². The molecule has 0 N–H and O–H groups in total. The molecule has 0 aliphatic carbocycles. The maximum atomic E-state index is 13.0. The van der Waals surface area contributed by atoms with Crippen molar-refractivity contribution in [1.82, 2.24) is 4.90 Å². The summed E-state index contributed by atoms with van der Waals surface area (Å²) in [5.74, 6) is -0.0288. The molecule has 0 unspecified atom stereocenters. The topological polar surface area (TPSA) is 72.9 Å². The summed E-state index contributed by atoms with van der Waals surface area (Å²) in [7, 11) is 0. The SMILES string of the molecule is CC(=O)OCCN1C(=O)c2cccc3c(Oc4ccc(C(C)(C)C)cc4)ccc(c23)C1=O. The number of esters is 1. The lowest BCUT2D eigenvalue weighted by Crippen LogP contribution is -2.42. The number of carbonyl (C=O) groups excluding carboxylic acids is 3. The van der Waals surface area contributed by atoms with Gasteiger partial charge in [0.25, 0.3) is 11.8 Å². The van der Waals surface area contributed by atoms with Crippen LogP contribution in [0.5, 0.6) is 11.5 Å². The van der Waals surface area contributed by atoms with Crippen molar-refractivity contribution >= 4 is 28.6 Å². The molecule has 32 heavy (non-hydrogen) atoms. The van der Waals surface area contributed by atoms with Crippen LogP contribution in [0.15, 0.2) is 54.6 Å². The second kappa shape index (κ2) is 8.11. The van der Waals surface area contributed by atoms with Crippen molar-refractivity contribution in [2.24, 2.45) is 0 Å². The maximum absolute atomic E-state index is 13.0. The summed E-state index contributed by atoms with van der Waals surface area (Å²) < 4.78 is 11.0. The van der Waals surface area contributed by atoms with Crippen LogP contribution in [0.4, 0.5) is 0 Å². The average molecular weight is 431 g/mol. The fraction of sp³-hybridized carbons (Fsp3) is 0.269. The number of hydrogen-bond donors (Lipinski definition) is 0. The van der Waals surface area contributed by atoms with Crippen LogP contribution in [-0.4, -0.2) is 35.8 Å². The molecule has 1 aliphatic rings. The van der Waals surface area contributed by atoms with Crippen LogP contribution < -0.4 is 4.74 Å². The van der Waals surface area contributed by atoms with Crippen LogP contribution in [-0.2, 0) is 14.9 Å². The van der Waals surface area contributed by atoms with Gasteiger partial charge in [-0.3, -0.25) is 19.3 Å². The van der Waals surface area contributed by atoms with Gasteiger partial charge in [-0.1, -0.05) is 45.0 Å². The summed E-state index contributed by atoms with van der Waals surface area (Å²) in [4.78, 5) is 38.2. The molecule has 0 fully saturated rings. The minimum atomic E-state index is -0.457. The highest BCUT2D eigenvalue weighted by atomic mass is 16.5. The second-order valence-corrected chi connectivity index (χ2v) is 8.82. The van der Waals surface area contributed by atoms with E-state index in [4.69, 9.17) is 9.47 Å². The number of amides is 2. The van der Waals surface area contributed by atoms with Gasteiger partial charge in [-0.25, -0.2) is 0 Å². The van der Waals surface area contributed by atoms with Crippen LogP contribution in [0.1, 0.15) is 54.0 Å². The number of rotatable bonds is 5. The van der Waals surface area contributed by atoms with Crippen molar-refractivity contribution in [3.05, 3.63) is 71.3 Å². The lowest BCUT2D eigenvalue weighted by atomic mass is 9.87. The summed E-state index contributed by atoms with van der Waals surface area (Å²) in [5, 5.41) is 1.27. The molecular formula is C26H25NO5. The van der Waals surface area contributed by atoms with Crippen LogP contribution in [0.2, 0.25) is 0 Å². The van der Waals surface area contributed by atoms with E-state index in [1.54, 1.807) is 24.3 Å². The Kier molecular flexibility index (Phi) is 5.46. The third-order valence-electron chi connectivity index (χ3n) is 5.52. The zero-order valence-corrected chi connectivity index (χ0v) is 18.6. The van der Waals surface area contributed by atoms with E-state index in [1.165, 1.54) is 12.5 Å². The minimum Gasteiger partial charge on any atom is -0.464 e. The summed E-state index contributed by atoms with van der Waals surface area (Å²) in [6, 6.07) is 16.6. The standard InChI is InChI=1S/C26H25NO5/c1-16(28)31-15-14-27-24(29)20-7-5-6-19-22(13-12-21(23(19)20)25(27)30)32-18-10-8-17(9-11-18)26(2,3)4/h5-13H,14-15H2,1-4H3. The molecule has 1 heterocycles. The van der Waals surface area contributed by atoms with Crippen LogP contribution in [0.25, 0.3) is 10.8 Å². The zero-order chi connectivity index (χ0) is 23.0. The first kappa shape index (κ1) is 21.6. The molecule has 6 nitrogen and oxygen atoms in total. The first-order chi connectivity index (χ1) is 15.2. The normalized spacial score (nSPS) is 13.4. The third-order valence-corrected chi connectivity index (χ3v) is 5.52. The Bertz CT molecular complexity index is 1200. The molecule has 0 saturated heterocycles. The molecule has 4 rings (SSSR count). The Labute approximate surface area is 186 Å². The number of nitrogens with zero attached hydrogens (tertiary/aromatic N) is 1. The van der Waals surface area contributed by atoms with E-state index in [-0.39, 0.29) is 18.6 Å².